The van der Waals surface area contributed by atoms with Gasteiger partial charge >= 0.3 is 14.2 Å². The third kappa shape index (κ3) is 9.14. The predicted octanol–water partition coefficient (Wildman–Crippen LogP) is 14.1. The molecule has 0 radical (unpaired) electrons. The molecule has 0 unspecified atom stereocenters. The molecule has 2 aromatic heterocycles. The first kappa shape index (κ1) is 49.9. The van der Waals surface area contributed by atoms with Crippen molar-refractivity contribution < 1.29 is 27.4 Å². The van der Waals surface area contributed by atoms with E-state index in [2.05, 4.69) is 50.8 Å². The van der Waals surface area contributed by atoms with Gasteiger partial charge in [-0.15, -0.1) is 0 Å². The molecule has 0 N–H and O–H groups in total. The van der Waals surface area contributed by atoms with Gasteiger partial charge in [-0.2, -0.15) is 9.97 Å². The Balaban J connectivity index is 1.05. The van der Waals surface area contributed by atoms with E-state index in [0.29, 0.717) is 17.6 Å². The third-order valence-corrected chi connectivity index (χ3v) is 15.7. The number of nitrogens with zero attached hydrogens (tertiary/aromatic N) is 6. The molecule has 0 spiro atoms. The number of anilines is 6. The topological polar surface area (TPSA) is 87.0 Å². The van der Waals surface area contributed by atoms with Crippen molar-refractivity contribution in [1.82, 2.24) is 19.5 Å². The highest BCUT2D eigenvalue weighted by atomic mass is 19.1. The molecule has 0 saturated carbocycles. The summed E-state index contributed by atoms with van der Waals surface area (Å²) < 4.78 is 57.3. The Morgan fingerprint density at radius 1 is 0.377 bits per heavy atom. The van der Waals surface area contributed by atoms with Crippen molar-refractivity contribution >= 4 is 81.1 Å². The van der Waals surface area contributed by atoms with Crippen LogP contribution in [-0.4, -0.2) is 56.2 Å². The zero-order valence-electron chi connectivity index (χ0n) is 44.2. The Kier molecular flexibility index (Phi) is 12.3. The zero-order valence-corrected chi connectivity index (χ0v) is 44.2. The minimum Gasteiger partial charge on any atom is -0.399 e. The number of hydrogen-bond acceptors (Lipinski definition) is 9. The van der Waals surface area contributed by atoms with Crippen LogP contribution in [0.5, 0.6) is 0 Å². The van der Waals surface area contributed by atoms with E-state index in [1.165, 1.54) is 24.3 Å². The van der Waals surface area contributed by atoms with Crippen LogP contribution in [0.4, 0.5) is 42.9 Å². The highest BCUT2D eigenvalue weighted by molar-refractivity contribution is 6.62. The van der Waals surface area contributed by atoms with E-state index in [9.17, 15) is 8.78 Å². The summed E-state index contributed by atoms with van der Waals surface area (Å²) in [6, 6.07) is 61.7. The van der Waals surface area contributed by atoms with Gasteiger partial charge < -0.3 is 28.4 Å². The SMILES string of the molecule is CC1(C)OB(c2ccc(N(c3ccc(F)cc3)c3ccc4c(c3)c3cc(N(c5ccc(F)cc5)c5ccc(B6OC(C)(C)C(C)(C)O6)cc5)ccc3n4-c3nc(-c4ccccc4)nc(-c4ccccc4)n3)cc2)OC1(C)C. The van der Waals surface area contributed by atoms with Crippen molar-refractivity contribution in [3.05, 3.63) is 206 Å². The first-order valence-corrected chi connectivity index (χ1v) is 25.9. The smallest absolute Gasteiger partial charge is 0.399 e. The molecule has 0 amide bonds. The number of halogens is 2. The molecule has 2 aliphatic rings. The van der Waals surface area contributed by atoms with Crippen molar-refractivity contribution in [2.45, 2.75) is 77.8 Å². The van der Waals surface area contributed by atoms with Crippen LogP contribution in [0.25, 0.3) is 50.5 Å². The standard InChI is InChI=1S/C63H56B2F2N6O4/c1-60(2)61(3,4)75-64(74-60)43-19-27-47(28-20-43)71(49-31-23-45(66)24-32-49)51-35-37-55-53(39-51)54-40-52(72(50-33-25-46(67)26-34-50)48-29-21-44(22-30-48)65-76-62(5,6)63(7,8)77-65)36-38-56(54)73(55)59-69-57(41-15-11-9-12-16-41)68-58(70-59)42-17-13-10-14-18-42/h9-40H,1-8H3. The Morgan fingerprint density at radius 3 is 1.03 bits per heavy atom. The normalized spacial score (nSPS) is 16.3. The Hall–Kier alpha value is -8.00. The van der Waals surface area contributed by atoms with E-state index in [1.54, 1.807) is 24.3 Å². The first-order chi connectivity index (χ1) is 36.9. The molecule has 0 atom stereocenters. The molecular weight excluding hydrogens is 964 g/mol. The molecule has 10 aromatic rings. The van der Waals surface area contributed by atoms with Crippen molar-refractivity contribution in [2.75, 3.05) is 9.80 Å². The molecule has 0 bridgehead atoms. The molecule has 77 heavy (non-hydrogen) atoms. The quantitative estimate of drug-likeness (QED) is 0.118. The average molecular weight is 1020 g/mol. The number of hydrogen-bond donors (Lipinski definition) is 0. The Bertz CT molecular complexity index is 3530. The summed E-state index contributed by atoms with van der Waals surface area (Å²) in [5.41, 5.74) is 7.91. The van der Waals surface area contributed by atoms with Crippen molar-refractivity contribution in [3.63, 3.8) is 0 Å². The fourth-order valence-electron chi connectivity index (χ4n) is 9.98. The van der Waals surface area contributed by atoms with Gasteiger partial charge in [-0.3, -0.25) is 4.57 Å². The lowest BCUT2D eigenvalue weighted by molar-refractivity contribution is 0.00578. The largest absolute Gasteiger partial charge is 0.494 e. The van der Waals surface area contributed by atoms with E-state index in [4.69, 9.17) is 33.6 Å². The molecule has 8 aromatic carbocycles. The highest BCUT2D eigenvalue weighted by Crippen LogP contribution is 2.44. The molecule has 382 valence electrons. The maximum atomic E-state index is 14.7. The molecule has 10 nitrogen and oxygen atoms in total. The van der Waals surface area contributed by atoms with Crippen LogP contribution in [0.2, 0.25) is 0 Å². The molecule has 0 aliphatic carbocycles. The Morgan fingerprint density at radius 2 is 0.688 bits per heavy atom. The number of benzene rings is 8. The van der Waals surface area contributed by atoms with Crippen LogP contribution < -0.4 is 20.7 Å². The molecule has 12 rings (SSSR count). The van der Waals surface area contributed by atoms with Gasteiger partial charge in [0.1, 0.15) is 11.6 Å². The van der Waals surface area contributed by atoms with Crippen molar-refractivity contribution in [3.8, 4) is 28.7 Å². The predicted molar refractivity (Wildman–Crippen MR) is 306 cm³/mol. The van der Waals surface area contributed by atoms with Gasteiger partial charge in [-0.25, -0.2) is 13.8 Å². The van der Waals surface area contributed by atoms with Crippen LogP contribution >= 0.6 is 0 Å². The monoisotopic (exact) mass is 1020 g/mol. The fraction of sp³-hybridized carbons (Fsp3) is 0.190. The van der Waals surface area contributed by atoms with E-state index in [0.717, 1.165) is 78.0 Å². The fourth-order valence-corrected chi connectivity index (χ4v) is 9.98. The molecule has 14 heteroatoms. The Labute approximate surface area is 448 Å². The van der Waals surface area contributed by atoms with Crippen LogP contribution in [0, 0.1) is 11.6 Å². The second kappa shape index (κ2) is 18.9. The summed E-state index contributed by atoms with van der Waals surface area (Å²) in [6.45, 7) is 16.3. The van der Waals surface area contributed by atoms with E-state index < -0.39 is 36.6 Å². The number of aromatic nitrogens is 4. The van der Waals surface area contributed by atoms with E-state index in [-0.39, 0.29) is 11.6 Å². The molecule has 4 heterocycles. The number of rotatable bonds is 11. The van der Waals surface area contributed by atoms with Crippen molar-refractivity contribution in [2.24, 2.45) is 0 Å². The van der Waals surface area contributed by atoms with Gasteiger partial charge in [0.05, 0.1) is 33.4 Å². The van der Waals surface area contributed by atoms with E-state index >= 15 is 0 Å². The molecular formula is C63H56B2F2N6O4. The van der Waals surface area contributed by atoms with E-state index in [1.807, 2.05) is 165 Å². The summed E-state index contributed by atoms with van der Waals surface area (Å²) in [4.78, 5) is 19.7. The lowest BCUT2D eigenvalue weighted by Gasteiger charge is -2.32. The average Bonchev–Trinajstić information content (AvgIpc) is 3.97. The van der Waals surface area contributed by atoms with Crippen LogP contribution in [0.15, 0.2) is 194 Å². The van der Waals surface area contributed by atoms with Gasteiger partial charge in [0.15, 0.2) is 11.6 Å². The summed E-state index contributed by atoms with van der Waals surface area (Å²) in [5.74, 6) is 0.796. The van der Waals surface area contributed by atoms with Crippen LogP contribution in [-0.2, 0) is 18.6 Å². The van der Waals surface area contributed by atoms with Gasteiger partial charge in [0.25, 0.3) is 0 Å². The first-order valence-electron chi connectivity index (χ1n) is 25.9. The minimum atomic E-state index is -0.548. The van der Waals surface area contributed by atoms with Crippen molar-refractivity contribution in [1.29, 1.82) is 0 Å². The molecule has 2 saturated heterocycles. The highest BCUT2D eigenvalue weighted by Gasteiger charge is 2.52. The zero-order chi connectivity index (χ0) is 53.4. The maximum Gasteiger partial charge on any atom is 0.494 e. The maximum absolute atomic E-state index is 14.7. The van der Waals surface area contributed by atoms with Gasteiger partial charge in [-0.1, -0.05) is 84.9 Å². The summed E-state index contributed by atoms with van der Waals surface area (Å²) in [7, 11) is -1.10. The molecule has 2 fully saturated rings. The third-order valence-electron chi connectivity index (χ3n) is 15.7. The second-order valence-corrected chi connectivity index (χ2v) is 21.7. The lowest BCUT2D eigenvalue weighted by atomic mass is 9.79. The van der Waals surface area contributed by atoms with Gasteiger partial charge in [0.2, 0.25) is 5.95 Å². The van der Waals surface area contributed by atoms with Gasteiger partial charge in [-0.05, 0) is 176 Å². The molecule has 2 aliphatic heterocycles. The minimum absolute atomic E-state index is 0.341. The summed E-state index contributed by atoms with van der Waals surface area (Å²) >= 11 is 0. The second-order valence-electron chi connectivity index (χ2n) is 21.7. The summed E-state index contributed by atoms with van der Waals surface area (Å²) in [6.07, 6.45) is 0. The summed E-state index contributed by atoms with van der Waals surface area (Å²) in [5, 5.41) is 1.77. The van der Waals surface area contributed by atoms with Crippen LogP contribution in [0.3, 0.4) is 0 Å². The number of fused-ring (bicyclic) bond motifs is 3. The van der Waals surface area contributed by atoms with Gasteiger partial charge in [0, 0.05) is 56.0 Å². The lowest BCUT2D eigenvalue weighted by Crippen LogP contribution is -2.41. The van der Waals surface area contributed by atoms with Crippen LogP contribution in [0.1, 0.15) is 55.4 Å².